The molecule has 0 saturated heterocycles. The predicted molar refractivity (Wildman–Crippen MR) is 67.9 cm³/mol. The third kappa shape index (κ3) is 3.00. The van der Waals surface area contributed by atoms with Gasteiger partial charge in [0.25, 0.3) is 0 Å². The summed E-state index contributed by atoms with van der Waals surface area (Å²) in [7, 11) is 0. The second-order valence-electron chi connectivity index (χ2n) is 5.19. The van der Waals surface area contributed by atoms with Gasteiger partial charge in [0.1, 0.15) is 18.2 Å². The van der Waals surface area contributed by atoms with Gasteiger partial charge >= 0.3 is 0 Å². The first-order valence-electron chi connectivity index (χ1n) is 6.40. The van der Waals surface area contributed by atoms with Crippen LogP contribution in [-0.4, -0.2) is 17.3 Å². The molecule has 1 atom stereocenters. The van der Waals surface area contributed by atoms with E-state index in [1.807, 2.05) is 6.92 Å². The maximum absolute atomic E-state index is 13.2. The molecule has 1 aromatic carbocycles. The number of nitrogens with two attached hydrogens (primary N) is 1. The number of aliphatic hydroxyl groups is 1. The molecule has 3 N–H and O–H groups in total. The Hall–Kier alpha value is -1.13. The summed E-state index contributed by atoms with van der Waals surface area (Å²) in [5, 5.41) is 10.2. The van der Waals surface area contributed by atoms with E-state index in [0.29, 0.717) is 5.75 Å². The summed E-state index contributed by atoms with van der Waals surface area (Å²) in [6.45, 7) is 2.03. The summed E-state index contributed by atoms with van der Waals surface area (Å²) in [6, 6.07) is 4.11. The molecule has 0 bridgehead atoms. The molecule has 1 aromatic rings. The standard InChI is InChI=1S/C14H20FNO2/c1-10(16)12-5-4-11(15)8-13(12)18-9-14(17)6-2-3-7-14/h4-5,8,10,17H,2-3,6-7,9,16H2,1H3. The Morgan fingerprint density at radius 2 is 2.11 bits per heavy atom. The molecule has 1 fully saturated rings. The topological polar surface area (TPSA) is 55.5 Å². The normalized spacial score (nSPS) is 19.8. The first-order chi connectivity index (χ1) is 8.50. The summed E-state index contributed by atoms with van der Waals surface area (Å²) in [6.07, 6.45) is 3.53. The van der Waals surface area contributed by atoms with Gasteiger partial charge in [-0.15, -0.1) is 0 Å². The molecule has 1 unspecified atom stereocenters. The van der Waals surface area contributed by atoms with Crippen molar-refractivity contribution in [2.75, 3.05) is 6.61 Å². The highest BCUT2D eigenvalue weighted by atomic mass is 19.1. The van der Waals surface area contributed by atoms with Crippen LogP contribution in [-0.2, 0) is 0 Å². The molecule has 1 aliphatic carbocycles. The fourth-order valence-corrected chi connectivity index (χ4v) is 2.40. The molecule has 0 amide bonds. The van der Waals surface area contributed by atoms with Gasteiger partial charge in [-0.25, -0.2) is 4.39 Å². The molecule has 0 radical (unpaired) electrons. The minimum Gasteiger partial charge on any atom is -0.490 e. The van der Waals surface area contributed by atoms with E-state index >= 15 is 0 Å². The van der Waals surface area contributed by atoms with Crippen LogP contribution in [0.5, 0.6) is 5.75 Å². The quantitative estimate of drug-likeness (QED) is 0.867. The van der Waals surface area contributed by atoms with Crippen molar-refractivity contribution in [3.8, 4) is 5.75 Å². The van der Waals surface area contributed by atoms with Crippen molar-refractivity contribution in [3.63, 3.8) is 0 Å². The molecule has 1 saturated carbocycles. The summed E-state index contributed by atoms with van der Waals surface area (Å²) < 4.78 is 18.8. The highest BCUT2D eigenvalue weighted by molar-refractivity contribution is 5.36. The van der Waals surface area contributed by atoms with Crippen LogP contribution in [0.1, 0.15) is 44.2 Å². The number of hydrogen-bond donors (Lipinski definition) is 2. The van der Waals surface area contributed by atoms with Crippen molar-refractivity contribution in [1.29, 1.82) is 0 Å². The Balaban J connectivity index is 2.10. The van der Waals surface area contributed by atoms with Gasteiger partial charge in [0.15, 0.2) is 0 Å². The van der Waals surface area contributed by atoms with Crippen LogP contribution in [0.25, 0.3) is 0 Å². The largest absolute Gasteiger partial charge is 0.490 e. The molecule has 2 rings (SSSR count). The van der Waals surface area contributed by atoms with Crippen LogP contribution in [0.3, 0.4) is 0 Å². The van der Waals surface area contributed by atoms with Gasteiger partial charge in [-0.05, 0) is 25.8 Å². The molecular formula is C14H20FNO2. The van der Waals surface area contributed by atoms with Gasteiger partial charge in [0.05, 0.1) is 5.60 Å². The Morgan fingerprint density at radius 1 is 1.44 bits per heavy atom. The number of ether oxygens (including phenoxy) is 1. The average molecular weight is 253 g/mol. The van der Waals surface area contributed by atoms with E-state index in [0.717, 1.165) is 31.2 Å². The van der Waals surface area contributed by atoms with Crippen molar-refractivity contribution >= 4 is 0 Å². The zero-order chi connectivity index (χ0) is 13.2. The van der Waals surface area contributed by atoms with Crippen molar-refractivity contribution < 1.29 is 14.2 Å². The maximum atomic E-state index is 13.2. The summed E-state index contributed by atoms with van der Waals surface area (Å²) in [5.74, 6) is 0.0816. The fraction of sp³-hybridized carbons (Fsp3) is 0.571. The molecule has 4 heteroatoms. The van der Waals surface area contributed by atoms with Gasteiger partial charge in [0.2, 0.25) is 0 Å². The lowest BCUT2D eigenvalue weighted by Crippen LogP contribution is -2.32. The minimum atomic E-state index is -0.762. The van der Waals surface area contributed by atoms with Gasteiger partial charge in [-0.3, -0.25) is 0 Å². The van der Waals surface area contributed by atoms with Crippen LogP contribution >= 0.6 is 0 Å². The Bertz CT molecular complexity index is 414. The molecule has 1 aliphatic rings. The molecule has 0 aromatic heterocycles. The van der Waals surface area contributed by atoms with Gasteiger partial charge in [-0.2, -0.15) is 0 Å². The third-order valence-electron chi connectivity index (χ3n) is 3.50. The van der Waals surface area contributed by atoms with E-state index in [4.69, 9.17) is 10.5 Å². The minimum absolute atomic E-state index is 0.205. The third-order valence-corrected chi connectivity index (χ3v) is 3.50. The lowest BCUT2D eigenvalue weighted by atomic mass is 10.0. The molecule has 0 heterocycles. The lowest BCUT2D eigenvalue weighted by Gasteiger charge is -2.23. The Morgan fingerprint density at radius 3 is 2.72 bits per heavy atom. The second-order valence-corrected chi connectivity index (χ2v) is 5.19. The van der Waals surface area contributed by atoms with E-state index < -0.39 is 5.60 Å². The lowest BCUT2D eigenvalue weighted by molar-refractivity contribution is 0.000962. The molecule has 100 valence electrons. The number of hydrogen-bond acceptors (Lipinski definition) is 3. The van der Waals surface area contributed by atoms with E-state index in [1.165, 1.54) is 12.1 Å². The zero-order valence-electron chi connectivity index (χ0n) is 10.7. The van der Waals surface area contributed by atoms with Crippen molar-refractivity contribution in [2.24, 2.45) is 5.73 Å². The summed E-state index contributed by atoms with van der Waals surface area (Å²) in [4.78, 5) is 0. The van der Waals surface area contributed by atoms with Gasteiger partial charge in [-0.1, -0.05) is 18.9 Å². The first kappa shape index (κ1) is 13.3. The van der Waals surface area contributed by atoms with E-state index in [9.17, 15) is 9.50 Å². The van der Waals surface area contributed by atoms with Crippen molar-refractivity contribution in [2.45, 2.75) is 44.2 Å². The average Bonchev–Trinajstić information content (AvgIpc) is 2.74. The fourth-order valence-electron chi connectivity index (χ4n) is 2.40. The first-order valence-corrected chi connectivity index (χ1v) is 6.40. The van der Waals surface area contributed by atoms with Crippen LogP contribution in [0, 0.1) is 5.82 Å². The highest BCUT2D eigenvalue weighted by Gasteiger charge is 2.32. The number of benzene rings is 1. The zero-order valence-corrected chi connectivity index (χ0v) is 10.7. The predicted octanol–water partition coefficient (Wildman–Crippen LogP) is 2.53. The molecule has 0 aliphatic heterocycles. The van der Waals surface area contributed by atoms with Gasteiger partial charge in [0, 0.05) is 17.7 Å². The van der Waals surface area contributed by atoms with Crippen LogP contribution in [0.4, 0.5) is 4.39 Å². The number of halogens is 1. The highest BCUT2D eigenvalue weighted by Crippen LogP contribution is 2.31. The summed E-state index contributed by atoms with van der Waals surface area (Å²) in [5.41, 5.74) is 5.82. The maximum Gasteiger partial charge on any atom is 0.127 e. The second kappa shape index (κ2) is 5.24. The van der Waals surface area contributed by atoms with Crippen LogP contribution in [0.15, 0.2) is 18.2 Å². The van der Waals surface area contributed by atoms with Crippen molar-refractivity contribution in [3.05, 3.63) is 29.6 Å². The van der Waals surface area contributed by atoms with E-state index in [1.54, 1.807) is 6.07 Å². The molecule has 3 nitrogen and oxygen atoms in total. The van der Waals surface area contributed by atoms with Gasteiger partial charge < -0.3 is 15.6 Å². The summed E-state index contributed by atoms with van der Waals surface area (Å²) >= 11 is 0. The smallest absolute Gasteiger partial charge is 0.127 e. The molecule has 18 heavy (non-hydrogen) atoms. The monoisotopic (exact) mass is 253 g/mol. The van der Waals surface area contributed by atoms with E-state index in [2.05, 4.69) is 0 Å². The molecular weight excluding hydrogens is 233 g/mol. The van der Waals surface area contributed by atoms with Crippen molar-refractivity contribution in [1.82, 2.24) is 0 Å². The van der Waals surface area contributed by atoms with Crippen LogP contribution < -0.4 is 10.5 Å². The van der Waals surface area contributed by atoms with E-state index in [-0.39, 0.29) is 18.5 Å². The Kier molecular flexibility index (Phi) is 3.88. The number of rotatable bonds is 4. The van der Waals surface area contributed by atoms with Crippen LogP contribution in [0.2, 0.25) is 0 Å². The SMILES string of the molecule is CC(N)c1ccc(F)cc1OCC1(O)CCCC1. The Labute approximate surface area is 107 Å². The molecule has 0 spiro atoms.